The lowest BCUT2D eigenvalue weighted by Crippen LogP contribution is -2.28. The van der Waals surface area contributed by atoms with E-state index in [0.717, 1.165) is 25.1 Å². The maximum Gasteiger partial charge on any atom is 0.163 e. The van der Waals surface area contributed by atoms with Crippen molar-refractivity contribution in [1.29, 1.82) is 0 Å². The maximum atomic E-state index is 13.6. The average Bonchev–Trinajstić information content (AvgIpc) is 2.92. The van der Waals surface area contributed by atoms with Gasteiger partial charge in [0, 0.05) is 18.2 Å². The summed E-state index contributed by atoms with van der Waals surface area (Å²) in [6.45, 7) is 1.89. The summed E-state index contributed by atoms with van der Waals surface area (Å²) in [5.41, 5.74) is 6.26. The molecule has 112 valence electrons. The van der Waals surface area contributed by atoms with Crippen molar-refractivity contribution in [2.45, 2.75) is 38.1 Å². The molecule has 0 spiro atoms. The van der Waals surface area contributed by atoms with Gasteiger partial charge in [0.15, 0.2) is 11.6 Å². The standard InChI is InChI=1S/C16H24F2N2/c1-20(11-12-5-2-3-6-12)10-9-15(19)13-7-4-8-14(17)16(13)18/h4,7-8,12,15H,2-3,5-6,9-11,19H2,1H3. The Morgan fingerprint density at radius 2 is 2.00 bits per heavy atom. The van der Waals surface area contributed by atoms with E-state index in [-0.39, 0.29) is 5.56 Å². The van der Waals surface area contributed by atoms with E-state index < -0.39 is 17.7 Å². The quantitative estimate of drug-likeness (QED) is 0.865. The summed E-state index contributed by atoms with van der Waals surface area (Å²) < 4.78 is 26.8. The highest BCUT2D eigenvalue weighted by molar-refractivity contribution is 5.22. The fourth-order valence-corrected chi connectivity index (χ4v) is 3.05. The van der Waals surface area contributed by atoms with E-state index in [2.05, 4.69) is 11.9 Å². The smallest absolute Gasteiger partial charge is 0.163 e. The van der Waals surface area contributed by atoms with E-state index >= 15 is 0 Å². The third kappa shape index (κ3) is 4.00. The van der Waals surface area contributed by atoms with Gasteiger partial charge in [0.05, 0.1) is 0 Å². The predicted molar refractivity (Wildman–Crippen MR) is 77.4 cm³/mol. The van der Waals surface area contributed by atoms with Crippen molar-refractivity contribution < 1.29 is 8.78 Å². The minimum Gasteiger partial charge on any atom is -0.324 e. The molecule has 20 heavy (non-hydrogen) atoms. The lowest BCUT2D eigenvalue weighted by Gasteiger charge is -2.22. The van der Waals surface area contributed by atoms with Crippen molar-refractivity contribution in [2.24, 2.45) is 11.7 Å². The second kappa shape index (κ2) is 7.14. The third-order valence-electron chi connectivity index (χ3n) is 4.25. The fourth-order valence-electron chi connectivity index (χ4n) is 3.05. The number of hydrogen-bond donors (Lipinski definition) is 1. The molecule has 1 unspecified atom stereocenters. The van der Waals surface area contributed by atoms with E-state index in [1.54, 1.807) is 6.07 Å². The number of halogens is 2. The molecular formula is C16H24F2N2. The molecule has 1 aliphatic carbocycles. The van der Waals surface area contributed by atoms with Crippen molar-refractivity contribution in [2.75, 3.05) is 20.1 Å². The Bertz CT molecular complexity index is 430. The van der Waals surface area contributed by atoms with Crippen LogP contribution >= 0.6 is 0 Å². The first-order valence-corrected chi connectivity index (χ1v) is 7.46. The Morgan fingerprint density at radius 1 is 1.30 bits per heavy atom. The van der Waals surface area contributed by atoms with Crippen LogP contribution in [-0.4, -0.2) is 25.0 Å². The predicted octanol–water partition coefficient (Wildman–Crippen LogP) is 3.48. The Labute approximate surface area is 120 Å². The number of hydrogen-bond acceptors (Lipinski definition) is 2. The minimum atomic E-state index is -0.822. The van der Waals surface area contributed by atoms with Crippen molar-refractivity contribution in [3.8, 4) is 0 Å². The summed E-state index contributed by atoms with van der Waals surface area (Å²) in [6.07, 6.45) is 5.95. The van der Waals surface area contributed by atoms with Crippen molar-refractivity contribution >= 4 is 0 Å². The van der Waals surface area contributed by atoms with Gasteiger partial charge < -0.3 is 10.6 Å². The number of nitrogens with two attached hydrogens (primary N) is 1. The first-order chi connectivity index (χ1) is 9.58. The zero-order valence-electron chi connectivity index (χ0n) is 12.1. The van der Waals surface area contributed by atoms with Gasteiger partial charge in [-0.3, -0.25) is 0 Å². The van der Waals surface area contributed by atoms with Crippen LogP contribution in [0, 0.1) is 17.6 Å². The van der Waals surface area contributed by atoms with Crippen molar-refractivity contribution in [3.05, 3.63) is 35.4 Å². The highest BCUT2D eigenvalue weighted by Gasteiger charge is 2.18. The molecule has 4 heteroatoms. The average molecular weight is 282 g/mol. The second-order valence-electron chi connectivity index (χ2n) is 5.95. The Hall–Kier alpha value is -1.00. The van der Waals surface area contributed by atoms with Gasteiger partial charge in [-0.25, -0.2) is 8.78 Å². The first kappa shape index (κ1) is 15.4. The number of rotatable bonds is 6. The molecule has 0 aliphatic heterocycles. The first-order valence-electron chi connectivity index (χ1n) is 7.46. The van der Waals surface area contributed by atoms with E-state index in [1.165, 1.54) is 31.7 Å². The van der Waals surface area contributed by atoms with Crippen LogP contribution in [0.5, 0.6) is 0 Å². The van der Waals surface area contributed by atoms with Crippen LogP contribution in [0.1, 0.15) is 43.7 Å². The van der Waals surface area contributed by atoms with E-state index in [1.807, 2.05) is 0 Å². The van der Waals surface area contributed by atoms with Gasteiger partial charge in [-0.15, -0.1) is 0 Å². The summed E-state index contributed by atoms with van der Waals surface area (Å²) in [7, 11) is 2.08. The van der Waals surface area contributed by atoms with Crippen LogP contribution in [0.15, 0.2) is 18.2 Å². The molecule has 0 saturated heterocycles. The van der Waals surface area contributed by atoms with Crippen LogP contribution in [0.25, 0.3) is 0 Å². The molecule has 1 aliphatic rings. The SMILES string of the molecule is CN(CCC(N)c1cccc(F)c1F)CC1CCCC1. The molecule has 0 amide bonds. The third-order valence-corrected chi connectivity index (χ3v) is 4.25. The summed E-state index contributed by atoms with van der Waals surface area (Å²) >= 11 is 0. The van der Waals surface area contributed by atoms with Gasteiger partial charge in [-0.2, -0.15) is 0 Å². The van der Waals surface area contributed by atoms with Gasteiger partial charge in [-0.05, 0) is 44.8 Å². The summed E-state index contributed by atoms with van der Waals surface area (Å²) in [5, 5.41) is 0. The normalized spacial score (nSPS) is 17.9. The Balaban J connectivity index is 1.81. The molecule has 1 aromatic rings. The fraction of sp³-hybridized carbons (Fsp3) is 0.625. The zero-order chi connectivity index (χ0) is 14.5. The van der Waals surface area contributed by atoms with Gasteiger partial charge in [-0.1, -0.05) is 25.0 Å². The van der Waals surface area contributed by atoms with Crippen LogP contribution in [0.2, 0.25) is 0 Å². The molecule has 2 rings (SSSR count). The Morgan fingerprint density at radius 3 is 2.70 bits per heavy atom. The highest BCUT2D eigenvalue weighted by Crippen LogP contribution is 2.25. The summed E-state index contributed by atoms with van der Waals surface area (Å²) in [4.78, 5) is 2.26. The molecule has 1 aromatic carbocycles. The Kier molecular flexibility index (Phi) is 5.49. The number of nitrogens with zero attached hydrogens (tertiary/aromatic N) is 1. The lowest BCUT2D eigenvalue weighted by molar-refractivity contribution is 0.268. The molecule has 0 radical (unpaired) electrons. The molecule has 2 nitrogen and oxygen atoms in total. The van der Waals surface area contributed by atoms with Crippen LogP contribution < -0.4 is 5.73 Å². The van der Waals surface area contributed by atoms with Crippen LogP contribution in [0.3, 0.4) is 0 Å². The van der Waals surface area contributed by atoms with Crippen LogP contribution in [-0.2, 0) is 0 Å². The molecule has 0 bridgehead atoms. The molecule has 1 fully saturated rings. The molecule has 1 saturated carbocycles. The van der Waals surface area contributed by atoms with Gasteiger partial charge >= 0.3 is 0 Å². The molecule has 0 heterocycles. The van der Waals surface area contributed by atoms with Gasteiger partial charge in [0.1, 0.15) is 0 Å². The van der Waals surface area contributed by atoms with Gasteiger partial charge in [0.25, 0.3) is 0 Å². The monoisotopic (exact) mass is 282 g/mol. The highest BCUT2D eigenvalue weighted by atomic mass is 19.2. The molecular weight excluding hydrogens is 258 g/mol. The summed E-state index contributed by atoms with van der Waals surface area (Å²) in [6, 6.07) is 3.75. The zero-order valence-corrected chi connectivity index (χ0v) is 12.1. The number of benzene rings is 1. The van der Waals surface area contributed by atoms with Crippen molar-refractivity contribution in [1.82, 2.24) is 4.90 Å². The molecule has 2 N–H and O–H groups in total. The topological polar surface area (TPSA) is 29.3 Å². The molecule has 1 atom stereocenters. The lowest BCUT2D eigenvalue weighted by atomic mass is 10.0. The van der Waals surface area contributed by atoms with Gasteiger partial charge in [0.2, 0.25) is 0 Å². The van der Waals surface area contributed by atoms with E-state index in [0.29, 0.717) is 6.42 Å². The second-order valence-corrected chi connectivity index (χ2v) is 5.95. The van der Waals surface area contributed by atoms with E-state index in [4.69, 9.17) is 5.73 Å². The van der Waals surface area contributed by atoms with Crippen LogP contribution in [0.4, 0.5) is 8.78 Å². The largest absolute Gasteiger partial charge is 0.324 e. The summed E-state index contributed by atoms with van der Waals surface area (Å²) in [5.74, 6) is -0.835. The van der Waals surface area contributed by atoms with Crippen molar-refractivity contribution in [3.63, 3.8) is 0 Å². The molecule has 0 aromatic heterocycles. The maximum absolute atomic E-state index is 13.6. The van der Waals surface area contributed by atoms with E-state index in [9.17, 15) is 8.78 Å². The minimum absolute atomic E-state index is 0.277.